The van der Waals surface area contributed by atoms with Gasteiger partial charge in [-0.05, 0) is 24.4 Å². The van der Waals surface area contributed by atoms with E-state index in [1.54, 1.807) is 4.90 Å². The number of hydrogen-bond donors (Lipinski definition) is 1. The lowest BCUT2D eigenvalue weighted by Crippen LogP contribution is -2.61. The van der Waals surface area contributed by atoms with Crippen LogP contribution in [0.3, 0.4) is 0 Å². The number of carbonyl (C=O) groups is 3. The fourth-order valence-electron chi connectivity index (χ4n) is 3.57. The van der Waals surface area contributed by atoms with E-state index in [1.807, 2.05) is 35.8 Å². The smallest absolute Gasteiger partial charge is 0.244 e. The second kappa shape index (κ2) is 7.19. The Morgan fingerprint density at radius 1 is 1.19 bits per heavy atom. The number of fused-ring (bicyclic) bond motifs is 1. The van der Waals surface area contributed by atoms with Crippen LogP contribution in [0, 0.1) is 6.92 Å². The summed E-state index contributed by atoms with van der Waals surface area (Å²) < 4.78 is 1.99. The van der Waals surface area contributed by atoms with Crippen molar-refractivity contribution in [3.63, 3.8) is 0 Å². The number of benzene rings is 1. The summed E-state index contributed by atoms with van der Waals surface area (Å²) in [7, 11) is 1.54. The summed E-state index contributed by atoms with van der Waals surface area (Å²) in [6.45, 7) is 4.67. The van der Waals surface area contributed by atoms with Crippen LogP contribution in [0.25, 0.3) is 10.9 Å². The molecule has 26 heavy (non-hydrogen) atoms. The molecule has 2 aromatic rings. The van der Waals surface area contributed by atoms with E-state index < -0.39 is 6.04 Å². The van der Waals surface area contributed by atoms with E-state index in [1.165, 1.54) is 18.9 Å². The van der Waals surface area contributed by atoms with Gasteiger partial charge in [0.2, 0.25) is 17.7 Å². The number of para-hydroxylation sites is 1. The van der Waals surface area contributed by atoms with Crippen molar-refractivity contribution in [1.29, 1.82) is 0 Å². The molecule has 0 bridgehead atoms. The zero-order valence-corrected chi connectivity index (χ0v) is 15.4. The van der Waals surface area contributed by atoms with E-state index in [4.69, 9.17) is 0 Å². The van der Waals surface area contributed by atoms with E-state index in [2.05, 4.69) is 11.4 Å². The lowest BCUT2D eigenvalue weighted by Gasteiger charge is -2.40. The summed E-state index contributed by atoms with van der Waals surface area (Å²) in [6.07, 6.45) is 0. The predicted octanol–water partition coefficient (Wildman–Crippen LogP) is 0.755. The van der Waals surface area contributed by atoms with Gasteiger partial charge in [-0.2, -0.15) is 0 Å². The summed E-state index contributed by atoms with van der Waals surface area (Å²) in [6, 6.07) is 9.37. The van der Waals surface area contributed by atoms with E-state index in [-0.39, 0.29) is 30.8 Å². The van der Waals surface area contributed by atoms with Crippen LogP contribution in [0.4, 0.5) is 0 Å². The molecule has 138 valence electrons. The molecule has 2 heterocycles. The van der Waals surface area contributed by atoms with Gasteiger partial charge in [0, 0.05) is 38.3 Å². The number of nitrogens with one attached hydrogen (secondary N) is 1. The molecule has 0 radical (unpaired) electrons. The number of amides is 3. The SMILES string of the molecule is CNC(=O)[C@H]1CN(C(=O)Cn2c(C)cc3ccccc32)CCN1C(C)=O. The zero-order valence-electron chi connectivity index (χ0n) is 15.4. The minimum absolute atomic E-state index is 0.0495. The number of hydrogen-bond acceptors (Lipinski definition) is 3. The molecule has 1 aliphatic heterocycles. The maximum Gasteiger partial charge on any atom is 0.244 e. The molecule has 0 aliphatic carbocycles. The Labute approximate surface area is 152 Å². The quantitative estimate of drug-likeness (QED) is 0.882. The van der Waals surface area contributed by atoms with Crippen molar-refractivity contribution >= 4 is 28.6 Å². The molecule has 1 aliphatic rings. The zero-order chi connectivity index (χ0) is 18.8. The van der Waals surface area contributed by atoms with Gasteiger partial charge in [0.25, 0.3) is 0 Å². The first-order chi connectivity index (χ1) is 12.4. The largest absolute Gasteiger partial charge is 0.357 e. The van der Waals surface area contributed by atoms with Crippen molar-refractivity contribution < 1.29 is 14.4 Å². The fraction of sp³-hybridized carbons (Fsp3) is 0.421. The molecular weight excluding hydrogens is 332 g/mol. The van der Waals surface area contributed by atoms with E-state index in [9.17, 15) is 14.4 Å². The summed E-state index contributed by atoms with van der Waals surface area (Å²) >= 11 is 0. The number of aromatic nitrogens is 1. The lowest BCUT2D eigenvalue weighted by atomic mass is 10.1. The van der Waals surface area contributed by atoms with Gasteiger partial charge in [0.05, 0.1) is 6.54 Å². The Morgan fingerprint density at radius 2 is 1.92 bits per heavy atom. The van der Waals surface area contributed by atoms with Crippen molar-refractivity contribution in [3.05, 3.63) is 36.0 Å². The van der Waals surface area contributed by atoms with Crippen LogP contribution < -0.4 is 5.32 Å². The van der Waals surface area contributed by atoms with Gasteiger partial charge in [0.15, 0.2) is 0 Å². The average molecular weight is 356 g/mol. The van der Waals surface area contributed by atoms with Crippen molar-refractivity contribution in [3.8, 4) is 0 Å². The minimum Gasteiger partial charge on any atom is -0.357 e. The van der Waals surface area contributed by atoms with Crippen LogP contribution in [0.15, 0.2) is 30.3 Å². The molecule has 7 nitrogen and oxygen atoms in total. The highest BCUT2D eigenvalue weighted by molar-refractivity contribution is 5.89. The number of likely N-dealkylation sites (N-methyl/N-ethyl adjacent to an activating group) is 1. The van der Waals surface area contributed by atoms with Gasteiger partial charge < -0.3 is 19.7 Å². The topological polar surface area (TPSA) is 74.7 Å². The van der Waals surface area contributed by atoms with Crippen LogP contribution in [0.5, 0.6) is 0 Å². The Morgan fingerprint density at radius 3 is 2.62 bits per heavy atom. The molecule has 1 aromatic heterocycles. The Bertz CT molecular complexity index is 858. The Hall–Kier alpha value is -2.83. The van der Waals surface area contributed by atoms with Crippen molar-refractivity contribution in [2.24, 2.45) is 0 Å². The molecular formula is C19H24N4O3. The molecule has 0 saturated carbocycles. The highest BCUT2D eigenvalue weighted by Crippen LogP contribution is 2.20. The third-order valence-electron chi connectivity index (χ3n) is 5.00. The standard InChI is InChI=1S/C19H24N4O3/c1-13-10-15-6-4-5-7-16(15)23(13)12-18(25)21-8-9-22(14(2)24)17(11-21)19(26)20-3/h4-7,10,17H,8-9,11-12H2,1-3H3,(H,20,26)/t17-/m1/s1. The highest BCUT2D eigenvalue weighted by atomic mass is 16.2. The van der Waals surface area contributed by atoms with E-state index in [0.717, 1.165) is 16.6 Å². The molecule has 1 atom stereocenters. The van der Waals surface area contributed by atoms with E-state index >= 15 is 0 Å². The molecule has 1 N–H and O–H groups in total. The molecule has 1 saturated heterocycles. The number of nitrogens with zero attached hydrogens (tertiary/aromatic N) is 3. The average Bonchev–Trinajstić information content (AvgIpc) is 2.95. The third-order valence-corrected chi connectivity index (χ3v) is 5.00. The molecule has 3 amide bonds. The van der Waals surface area contributed by atoms with Crippen LogP contribution in [-0.2, 0) is 20.9 Å². The number of rotatable bonds is 3. The van der Waals surface area contributed by atoms with E-state index in [0.29, 0.717) is 13.1 Å². The number of carbonyl (C=O) groups excluding carboxylic acids is 3. The van der Waals surface area contributed by atoms with Gasteiger partial charge in [-0.25, -0.2) is 0 Å². The molecule has 0 unspecified atom stereocenters. The predicted molar refractivity (Wildman–Crippen MR) is 98.5 cm³/mol. The molecule has 7 heteroatoms. The van der Waals surface area contributed by atoms with Crippen LogP contribution >= 0.6 is 0 Å². The monoisotopic (exact) mass is 356 g/mol. The van der Waals surface area contributed by atoms with Gasteiger partial charge in [-0.15, -0.1) is 0 Å². The lowest BCUT2D eigenvalue weighted by molar-refractivity contribution is -0.147. The van der Waals surface area contributed by atoms with Gasteiger partial charge >= 0.3 is 0 Å². The van der Waals surface area contributed by atoms with Crippen LogP contribution in [0.2, 0.25) is 0 Å². The van der Waals surface area contributed by atoms with Gasteiger partial charge in [-0.1, -0.05) is 18.2 Å². The Kier molecular flexibility index (Phi) is 4.97. The molecule has 3 rings (SSSR count). The number of aryl methyl sites for hydroxylation is 1. The fourth-order valence-corrected chi connectivity index (χ4v) is 3.57. The summed E-state index contributed by atoms with van der Waals surface area (Å²) in [5.74, 6) is -0.454. The molecule has 1 aromatic carbocycles. The van der Waals surface area contributed by atoms with Crippen LogP contribution in [-0.4, -0.2) is 64.8 Å². The maximum atomic E-state index is 12.9. The summed E-state index contributed by atoms with van der Waals surface area (Å²) in [5.41, 5.74) is 2.04. The maximum absolute atomic E-state index is 12.9. The first kappa shape index (κ1) is 18.0. The van der Waals surface area contributed by atoms with Gasteiger partial charge in [-0.3, -0.25) is 14.4 Å². The third kappa shape index (κ3) is 3.29. The summed E-state index contributed by atoms with van der Waals surface area (Å²) in [4.78, 5) is 40.0. The molecule has 0 spiro atoms. The second-order valence-corrected chi connectivity index (χ2v) is 6.61. The first-order valence-corrected chi connectivity index (χ1v) is 8.74. The first-order valence-electron chi connectivity index (χ1n) is 8.74. The summed E-state index contributed by atoms with van der Waals surface area (Å²) in [5, 5.41) is 3.68. The Balaban J connectivity index is 1.78. The van der Waals surface area contributed by atoms with Crippen molar-refractivity contribution in [2.45, 2.75) is 26.4 Å². The van der Waals surface area contributed by atoms with Gasteiger partial charge in [0.1, 0.15) is 12.6 Å². The van der Waals surface area contributed by atoms with Crippen molar-refractivity contribution in [2.75, 3.05) is 26.7 Å². The number of piperazine rings is 1. The highest BCUT2D eigenvalue weighted by Gasteiger charge is 2.35. The van der Waals surface area contributed by atoms with Crippen molar-refractivity contribution in [1.82, 2.24) is 19.7 Å². The minimum atomic E-state index is -0.641. The normalized spacial score (nSPS) is 17.4. The van der Waals surface area contributed by atoms with Crippen LogP contribution in [0.1, 0.15) is 12.6 Å². The molecule has 1 fully saturated rings. The second-order valence-electron chi connectivity index (χ2n) is 6.61.